The van der Waals surface area contributed by atoms with Crippen LogP contribution in [0.4, 0.5) is 5.82 Å². The van der Waals surface area contributed by atoms with Gasteiger partial charge in [-0.2, -0.15) is 5.11 Å². The quantitative estimate of drug-likeness (QED) is 0.639. The lowest BCUT2D eigenvalue weighted by atomic mass is 10.0. The number of nitrogens with zero attached hydrogens (tertiary/aromatic N) is 3. The van der Waals surface area contributed by atoms with E-state index in [1.54, 1.807) is 12.4 Å². The maximum Gasteiger partial charge on any atom is 0.132 e. The molecule has 7 nitrogen and oxygen atoms in total. The molecule has 1 aliphatic heterocycles. The summed E-state index contributed by atoms with van der Waals surface area (Å²) in [6.07, 6.45) is 3.48. The van der Waals surface area contributed by atoms with Crippen LogP contribution in [0.2, 0.25) is 0 Å². The lowest BCUT2D eigenvalue weighted by Crippen LogP contribution is -2.35. The Balaban J connectivity index is 1.86. The molecule has 2 heterocycles. The molecule has 4 N–H and O–H groups in total. The van der Waals surface area contributed by atoms with Crippen molar-refractivity contribution in [3.05, 3.63) is 53.9 Å². The average molecular weight is 380 g/mol. The van der Waals surface area contributed by atoms with Gasteiger partial charge in [-0.15, -0.1) is 0 Å². The number of hydrogen-bond donors (Lipinski definition) is 3. The molecular formula is C21H28N6O. The fraction of sp³-hybridized carbons (Fsp3) is 0.381. The lowest BCUT2D eigenvalue weighted by molar-refractivity contribution is 0.0342. The smallest absolute Gasteiger partial charge is 0.132 e. The van der Waals surface area contributed by atoms with Gasteiger partial charge in [-0.3, -0.25) is 4.90 Å². The van der Waals surface area contributed by atoms with E-state index in [0.29, 0.717) is 17.1 Å². The minimum absolute atomic E-state index is 0.242. The van der Waals surface area contributed by atoms with Gasteiger partial charge >= 0.3 is 0 Å². The van der Waals surface area contributed by atoms with Crippen molar-refractivity contribution in [2.45, 2.75) is 26.4 Å². The second-order valence-electron chi connectivity index (χ2n) is 7.21. The molecule has 0 unspecified atom stereocenters. The van der Waals surface area contributed by atoms with Crippen LogP contribution in [0.3, 0.4) is 0 Å². The van der Waals surface area contributed by atoms with E-state index in [1.165, 1.54) is 5.56 Å². The zero-order valence-electron chi connectivity index (χ0n) is 16.5. The molecule has 0 bridgehead atoms. The lowest BCUT2D eigenvalue weighted by Gasteiger charge is -2.26. The van der Waals surface area contributed by atoms with Gasteiger partial charge in [0, 0.05) is 49.2 Å². The Bertz CT molecular complexity index is 843. The van der Waals surface area contributed by atoms with Crippen molar-refractivity contribution in [1.29, 1.82) is 5.53 Å². The molecule has 1 fully saturated rings. The number of hydrogen-bond acceptors (Lipinski definition) is 7. The van der Waals surface area contributed by atoms with Crippen molar-refractivity contribution in [1.82, 2.24) is 15.2 Å². The molecule has 0 saturated carbocycles. The highest BCUT2D eigenvalue weighted by molar-refractivity contribution is 5.77. The second kappa shape index (κ2) is 9.43. The highest BCUT2D eigenvalue weighted by Crippen LogP contribution is 2.28. The highest BCUT2D eigenvalue weighted by atomic mass is 16.5. The van der Waals surface area contributed by atoms with E-state index >= 15 is 0 Å². The van der Waals surface area contributed by atoms with Gasteiger partial charge in [-0.1, -0.05) is 18.2 Å². The van der Waals surface area contributed by atoms with E-state index in [9.17, 15) is 0 Å². The summed E-state index contributed by atoms with van der Waals surface area (Å²) in [6.45, 7) is 8.45. The van der Waals surface area contributed by atoms with E-state index in [0.717, 1.165) is 44.0 Å². The van der Waals surface area contributed by atoms with Crippen molar-refractivity contribution >= 4 is 11.5 Å². The van der Waals surface area contributed by atoms with Crippen LogP contribution in [-0.2, 0) is 11.3 Å². The van der Waals surface area contributed by atoms with Crippen LogP contribution in [0.5, 0.6) is 0 Å². The predicted octanol–water partition coefficient (Wildman–Crippen LogP) is 3.49. The zero-order valence-corrected chi connectivity index (χ0v) is 16.5. The van der Waals surface area contributed by atoms with Gasteiger partial charge in [-0.25, -0.2) is 10.5 Å². The van der Waals surface area contributed by atoms with E-state index < -0.39 is 0 Å². The van der Waals surface area contributed by atoms with Crippen LogP contribution in [0.15, 0.2) is 47.8 Å². The molecule has 1 aromatic carbocycles. The first-order valence-corrected chi connectivity index (χ1v) is 9.56. The minimum atomic E-state index is 0.242. The molecule has 1 saturated heterocycles. The van der Waals surface area contributed by atoms with Gasteiger partial charge in [0.2, 0.25) is 0 Å². The van der Waals surface area contributed by atoms with Crippen LogP contribution < -0.4 is 11.1 Å². The number of pyridine rings is 1. The summed E-state index contributed by atoms with van der Waals surface area (Å²) in [5, 5.41) is 6.79. The van der Waals surface area contributed by atoms with Crippen molar-refractivity contribution < 1.29 is 4.74 Å². The molecule has 28 heavy (non-hydrogen) atoms. The molecule has 2 aromatic rings. The number of ether oxygens (including phenoxy) is 1. The van der Waals surface area contributed by atoms with Crippen LogP contribution in [0.1, 0.15) is 25.0 Å². The fourth-order valence-electron chi connectivity index (χ4n) is 3.12. The minimum Gasteiger partial charge on any atom is -0.387 e. The van der Waals surface area contributed by atoms with E-state index in [2.05, 4.69) is 44.6 Å². The molecular weight excluding hydrogens is 352 g/mol. The largest absolute Gasteiger partial charge is 0.387 e. The van der Waals surface area contributed by atoms with Crippen LogP contribution >= 0.6 is 0 Å². The topological polar surface area (TPSA) is 99.6 Å². The van der Waals surface area contributed by atoms with Crippen LogP contribution in [0, 0.1) is 5.53 Å². The summed E-state index contributed by atoms with van der Waals surface area (Å²) in [5.41, 5.74) is 18.0. The Morgan fingerprint density at radius 3 is 2.82 bits per heavy atom. The normalized spacial score (nSPS) is 15.6. The molecule has 3 rings (SSSR count). The molecule has 0 aliphatic carbocycles. The van der Waals surface area contributed by atoms with Gasteiger partial charge in [-0.05, 0) is 37.1 Å². The van der Waals surface area contributed by atoms with Gasteiger partial charge < -0.3 is 15.8 Å². The molecule has 0 amide bonds. The number of anilines is 1. The first-order valence-electron chi connectivity index (χ1n) is 9.56. The number of rotatable bonds is 7. The number of nitrogen functional groups attached to an aromatic ring is 1. The van der Waals surface area contributed by atoms with Crippen LogP contribution in [0.25, 0.3) is 16.8 Å². The van der Waals surface area contributed by atoms with E-state index in [4.69, 9.17) is 16.0 Å². The van der Waals surface area contributed by atoms with Crippen molar-refractivity contribution in [3.8, 4) is 11.1 Å². The summed E-state index contributed by atoms with van der Waals surface area (Å²) < 4.78 is 5.43. The third-order valence-electron chi connectivity index (χ3n) is 4.64. The summed E-state index contributed by atoms with van der Waals surface area (Å²) in [6, 6.07) is 10.6. The Hall–Kier alpha value is -2.77. The number of morpholine rings is 1. The van der Waals surface area contributed by atoms with E-state index in [1.807, 2.05) is 19.9 Å². The van der Waals surface area contributed by atoms with E-state index in [-0.39, 0.29) is 6.04 Å². The molecule has 148 valence electrons. The first kappa shape index (κ1) is 20.0. The monoisotopic (exact) mass is 380 g/mol. The zero-order chi connectivity index (χ0) is 19.9. The molecule has 0 radical (unpaired) electrons. The highest BCUT2D eigenvalue weighted by Gasteiger charge is 2.13. The summed E-state index contributed by atoms with van der Waals surface area (Å²) in [7, 11) is 0. The van der Waals surface area contributed by atoms with Crippen molar-refractivity contribution in [3.63, 3.8) is 0 Å². The van der Waals surface area contributed by atoms with Crippen molar-refractivity contribution in [2.75, 3.05) is 32.0 Å². The molecule has 1 aromatic heterocycles. The predicted molar refractivity (Wildman–Crippen MR) is 112 cm³/mol. The third-order valence-corrected chi connectivity index (χ3v) is 4.64. The Labute approximate surface area is 166 Å². The summed E-state index contributed by atoms with van der Waals surface area (Å²) >= 11 is 0. The third kappa shape index (κ3) is 5.15. The maximum atomic E-state index is 7.51. The molecule has 0 atom stereocenters. The standard InChI is InChI=1S/C21H28N6O/c1-15(2)24-13-20(26-23)19-11-18(12-25-21(19)22)17-5-3-4-16(10-17)14-27-6-8-28-9-7-27/h3-5,10-13,15,23-24H,6-9,14H2,1-2H3,(H2,22,25)/b20-13-,26-23?. The molecule has 1 aliphatic rings. The van der Waals surface area contributed by atoms with Crippen LogP contribution in [-0.4, -0.2) is 42.2 Å². The number of nitrogens with two attached hydrogens (primary N) is 1. The maximum absolute atomic E-state index is 7.51. The Kier molecular flexibility index (Phi) is 6.73. The average Bonchev–Trinajstić information content (AvgIpc) is 2.70. The summed E-state index contributed by atoms with van der Waals surface area (Å²) in [5.74, 6) is 0.362. The number of nitrogens with one attached hydrogen (secondary N) is 2. The molecule has 7 heteroatoms. The second-order valence-corrected chi connectivity index (χ2v) is 7.21. The number of aromatic nitrogens is 1. The Morgan fingerprint density at radius 2 is 2.11 bits per heavy atom. The van der Waals surface area contributed by atoms with Gasteiger partial charge in [0.15, 0.2) is 0 Å². The first-order chi connectivity index (χ1) is 13.6. The fourth-order valence-corrected chi connectivity index (χ4v) is 3.12. The number of benzene rings is 1. The van der Waals surface area contributed by atoms with Gasteiger partial charge in [0.25, 0.3) is 0 Å². The van der Waals surface area contributed by atoms with Gasteiger partial charge in [0.05, 0.1) is 13.2 Å². The SMILES string of the molecule is CC(C)N/C=C(\N=N)c1cc(-c2cccc(CN3CCOCC3)c2)cnc1N. The Morgan fingerprint density at radius 1 is 1.32 bits per heavy atom. The van der Waals surface area contributed by atoms with Gasteiger partial charge in [0.1, 0.15) is 11.5 Å². The molecule has 0 spiro atoms. The summed E-state index contributed by atoms with van der Waals surface area (Å²) in [4.78, 5) is 6.73. The van der Waals surface area contributed by atoms with Crippen molar-refractivity contribution in [2.24, 2.45) is 5.11 Å².